The minimum Gasteiger partial charge on any atom is -0.496 e. The molecule has 0 atom stereocenters. The maximum absolute atomic E-state index is 13.4. The molecule has 0 bridgehead atoms. The first-order valence-corrected chi connectivity index (χ1v) is 14.7. The summed E-state index contributed by atoms with van der Waals surface area (Å²) in [5.74, 6) is -0.685. The Hall–Kier alpha value is -6.09. The number of methoxy groups -OCH3 is 2. The van der Waals surface area contributed by atoms with Crippen molar-refractivity contribution in [1.82, 2.24) is 0 Å². The molecule has 0 heterocycles. The SMILES string of the molecule is COc1cc(OC)c(C(=O)COC(=O)c2ccc(OCc3ccccc3)cc2)c(OC(=O)c2ccc(OCc3ccccc3)cc2)c1. The maximum Gasteiger partial charge on any atom is 0.343 e. The van der Waals surface area contributed by atoms with Crippen LogP contribution in [0.1, 0.15) is 42.2 Å². The first-order valence-electron chi connectivity index (χ1n) is 14.7. The molecule has 0 saturated carbocycles. The number of Topliss-reactive ketones (excluding diaryl/α,β-unsaturated/α-hetero) is 1. The first kappa shape index (κ1) is 32.3. The van der Waals surface area contributed by atoms with Gasteiger partial charge in [0.25, 0.3) is 0 Å². The molecule has 47 heavy (non-hydrogen) atoms. The van der Waals surface area contributed by atoms with E-state index in [0.29, 0.717) is 24.7 Å². The summed E-state index contributed by atoms with van der Waals surface area (Å²) in [5, 5.41) is 0. The third kappa shape index (κ3) is 8.76. The van der Waals surface area contributed by atoms with Crippen LogP contribution in [0.5, 0.6) is 28.7 Å². The number of benzene rings is 5. The third-order valence-electron chi connectivity index (χ3n) is 6.99. The average Bonchev–Trinajstić information content (AvgIpc) is 3.12. The van der Waals surface area contributed by atoms with Crippen molar-refractivity contribution in [3.63, 3.8) is 0 Å². The predicted molar refractivity (Wildman–Crippen MR) is 174 cm³/mol. The molecule has 5 aromatic rings. The highest BCUT2D eigenvalue weighted by molar-refractivity contribution is 6.05. The molecule has 0 aromatic heterocycles. The number of carbonyl (C=O) groups excluding carboxylic acids is 3. The lowest BCUT2D eigenvalue weighted by Gasteiger charge is -2.15. The van der Waals surface area contributed by atoms with Crippen molar-refractivity contribution >= 4 is 17.7 Å². The van der Waals surface area contributed by atoms with E-state index in [9.17, 15) is 14.4 Å². The zero-order chi connectivity index (χ0) is 33.0. The smallest absolute Gasteiger partial charge is 0.343 e. The number of ketones is 1. The second-order valence-electron chi connectivity index (χ2n) is 10.2. The lowest BCUT2D eigenvalue weighted by molar-refractivity contribution is 0.0471. The van der Waals surface area contributed by atoms with E-state index in [1.807, 2.05) is 60.7 Å². The molecular weight excluding hydrogens is 600 g/mol. The normalized spacial score (nSPS) is 10.4. The van der Waals surface area contributed by atoms with Gasteiger partial charge in [0.05, 0.1) is 25.3 Å². The Morgan fingerprint density at radius 1 is 0.532 bits per heavy atom. The Morgan fingerprint density at radius 2 is 1.02 bits per heavy atom. The Labute approximate surface area is 272 Å². The van der Waals surface area contributed by atoms with Crippen LogP contribution in [0.3, 0.4) is 0 Å². The van der Waals surface area contributed by atoms with Crippen LogP contribution in [0.25, 0.3) is 0 Å². The van der Waals surface area contributed by atoms with Crippen molar-refractivity contribution in [3.8, 4) is 28.7 Å². The molecule has 0 spiro atoms. The summed E-state index contributed by atoms with van der Waals surface area (Å²) in [6.45, 7) is 0.120. The molecule has 9 heteroatoms. The average molecular weight is 633 g/mol. The molecule has 9 nitrogen and oxygen atoms in total. The van der Waals surface area contributed by atoms with Crippen LogP contribution in [0.2, 0.25) is 0 Å². The van der Waals surface area contributed by atoms with Gasteiger partial charge in [0, 0.05) is 12.1 Å². The van der Waals surface area contributed by atoms with E-state index >= 15 is 0 Å². The van der Waals surface area contributed by atoms with Gasteiger partial charge in [-0.05, 0) is 59.7 Å². The van der Waals surface area contributed by atoms with Gasteiger partial charge in [0.2, 0.25) is 5.78 Å². The monoisotopic (exact) mass is 632 g/mol. The number of carbonyl (C=O) groups is 3. The van der Waals surface area contributed by atoms with Crippen molar-refractivity contribution in [1.29, 1.82) is 0 Å². The number of rotatable bonds is 14. The number of hydrogen-bond acceptors (Lipinski definition) is 9. The van der Waals surface area contributed by atoms with Gasteiger partial charge in [0.15, 0.2) is 6.61 Å². The third-order valence-corrected chi connectivity index (χ3v) is 6.99. The van der Waals surface area contributed by atoms with Crippen LogP contribution in [-0.2, 0) is 18.0 Å². The Morgan fingerprint density at radius 3 is 1.51 bits per heavy atom. The molecule has 238 valence electrons. The summed E-state index contributed by atoms with van der Waals surface area (Å²) in [5.41, 5.74) is 2.39. The van der Waals surface area contributed by atoms with Crippen LogP contribution < -0.4 is 23.7 Å². The van der Waals surface area contributed by atoms with Gasteiger partial charge < -0.3 is 28.4 Å². The Kier molecular flexibility index (Phi) is 10.8. The summed E-state index contributed by atoms with van der Waals surface area (Å²) in [4.78, 5) is 39.3. The lowest BCUT2D eigenvalue weighted by Crippen LogP contribution is -2.18. The molecule has 0 fully saturated rings. The van der Waals surface area contributed by atoms with E-state index in [0.717, 1.165) is 11.1 Å². The summed E-state index contributed by atoms with van der Waals surface area (Å²) in [6, 6.07) is 35.0. The zero-order valence-electron chi connectivity index (χ0n) is 25.8. The lowest BCUT2D eigenvalue weighted by atomic mass is 10.1. The van der Waals surface area contributed by atoms with Crippen LogP contribution in [0, 0.1) is 0 Å². The highest BCUT2D eigenvalue weighted by Gasteiger charge is 2.24. The first-order chi connectivity index (χ1) is 22.9. The van der Waals surface area contributed by atoms with Crippen LogP contribution >= 0.6 is 0 Å². The molecule has 0 aliphatic rings. The van der Waals surface area contributed by atoms with Crippen LogP contribution in [-0.4, -0.2) is 38.5 Å². The van der Waals surface area contributed by atoms with Gasteiger partial charge in [-0.3, -0.25) is 4.79 Å². The van der Waals surface area contributed by atoms with Crippen molar-refractivity contribution in [3.05, 3.63) is 149 Å². The molecule has 0 aliphatic heterocycles. The fraction of sp³-hybridized carbons (Fsp3) is 0.132. The van der Waals surface area contributed by atoms with Crippen molar-refractivity contribution in [2.45, 2.75) is 13.2 Å². The largest absolute Gasteiger partial charge is 0.496 e. The molecule has 0 amide bonds. The minimum absolute atomic E-state index is 0.0813. The maximum atomic E-state index is 13.4. The van der Waals surface area contributed by atoms with Gasteiger partial charge in [-0.15, -0.1) is 0 Å². The van der Waals surface area contributed by atoms with Gasteiger partial charge >= 0.3 is 11.9 Å². The summed E-state index contributed by atoms with van der Waals surface area (Å²) in [7, 11) is 2.79. The highest BCUT2D eigenvalue weighted by Crippen LogP contribution is 2.35. The molecule has 0 aliphatic carbocycles. The molecule has 5 rings (SSSR count). The summed E-state index contributed by atoms with van der Waals surface area (Å²) >= 11 is 0. The van der Waals surface area contributed by atoms with E-state index in [1.54, 1.807) is 48.5 Å². The summed E-state index contributed by atoms with van der Waals surface area (Å²) in [6.07, 6.45) is 0. The highest BCUT2D eigenvalue weighted by atomic mass is 16.5. The number of hydrogen-bond donors (Lipinski definition) is 0. The Bertz CT molecular complexity index is 1800. The quantitative estimate of drug-likeness (QED) is 0.0719. The fourth-order valence-corrected chi connectivity index (χ4v) is 4.50. The number of ether oxygens (including phenoxy) is 6. The van der Waals surface area contributed by atoms with E-state index in [1.165, 1.54) is 26.4 Å². The van der Waals surface area contributed by atoms with E-state index in [4.69, 9.17) is 28.4 Å². The molecule has 0 saturated heterocycles. The number of esters is 2. The molecule has 0 N–H and O–H groups in total. The van der Waals surface area contributed by atoms with Gasteiger partial charge in [-0.25, -0.2) is 9.59 Å². The van der Waals surface area contributed by atoms with E-state index in [2.05, 4.69) is 0 Å². The molecular formula is C38H32O9. The molecule has 0 radical (unpaired) electrons. The summed E-state index contributed by atoms with van der Waals surface area (Å²) < 4.78 is 33.2. The second kappa shape index (κ2) is 15.8. The zero-order valence-corrected chi connectivity index (χ0v) is 25.8. The van der Waals surface area contributed by atoms with Gasteiger partial charge in [-0.2, -0.15) is 0 Å². The van der Waals surface area contributed by atoms with Gasteiger partial charge in [-0.1, -0.05) is 60.7 Å². The predicted octanol–water partition coefficient (Wildman–Crippen LogP) is 7.12. The Balaban J connectivity index is 1.23. The topological polar surface area (TPSA) is 107 Å². The van der Waals surface area contributed by atoms with Crippen molar-refractivity contribution < 1.29 is 42.8 Å². The standard InChI is InChI=1S/C38H32O9/c1-42-32-21-34(43-2)36(33(39)25-46-37(40)28-13-17-30(18-14-28)44-23-26-9-5-3-6-10-26)35(22-32)47-38(41)29-15-19-31(20-16-29)45-24-27-11-7-4-8-12-27/h3-22H,23-25H2,1-2H3. The van der Waals surface area contributed by atoms with Crippen LogP contribution in [0.4, 0.5) is 0 Å². The molecule has 5 aromatic carbocycles. The second-order valence-corrected chi connectivity index (χ2v) is 10.2. The van der Waals surface area contributed by atoms with E-state index < -0.39 is 24.3 Å². The van der Waals surface area contributed by atoms with Crippen LogP contribution in [0.15, 0.2) is 121 Å². The van der Waals surface area contributed by atoms with Crippen molar-refractivity contribution in [2.75, 3.05) is 20.8 Å². The minimum atomic E-state index is -0.726. The molecule has 0 unspecified atom stereocenters. The van der Waals surface area contributed by atoms with Gasteiger partial charge in [0.1, 0.15) is 47.5 Å². The fourth-order valence-electron chi connectivity index (χ4n) is 4.50. The van der Waals surface area contributed by atoms with Crippen molar-refractivity contribution in [2.24, 2.45) is 0 Å². The van der Waals surface area contributed by atoms with E-state index in [-0.39, 0.29) is 33.9 Å².